The quantitative estimate of drug-likeness (QED) is 0.332. The lowest BCUT2D eigenvalue weighted by Crippen LogP contribution is -2.19. The van der Waals surface area contributed by atoms with E-state index in [-0.39, 0.29) is 22.0 Å². The molecular weight excluding hydrogens is 520 g/mol. The van der Waals surface area contributed by atoms with Gasteiger partial charge in [0, 0.05) is 5.02 Å². The minimum Gasteiger partial charge on any atom is -0.493 e. The first-order chi connectivity index (χ1) is 17.7. The molecule has 0 bridgehead atoms. The van der Waals surface area contributed by atoms with Gasteiger partial charge in [-0.25, -0.2) is 14.6 Å². The van der Waals surface area contributed by atoms with Crippen molar-refractivity contribution in [2.24, 2.45) is 4.99 Å². The highest BCUT2D eigenvalue weighted by Gasteiger charge is 2.24. The standard InChI is InChI=1S/C26H19ClN2O7S/c1-35-21-8-15(4-7-20(21)36-13-14-2-5-18(27)6-3-14)9-22-23(30)29-26(37-22)28-19-11-16(24(31)32)10-17(12-19)25(33)34/h2-12H,13H2,1H3,(H,31,32)(H,33,34)(H,28,29,30)/b22-9-. The number of nitrogens with one attached hydrogen (secondary N) is 1. The third-order valence-electron chi connectivity index (χ3n) is 5.09. The van der Waals surface area contributed by atoms with Crippen molar-refractivity contribution in [2.75, 3.05) is 7.11 Å². The van der Waals surface area contributed by atoms with E-state index < -0.39 is 17.8 Å². The number of methoxy groups -OCH3 is 1. The summed E-state index contributed by atoms with van der Waals surface area (Å²) in [5, 5.41) is 21.9. The van der Waals surface area contributed by atoms with Gasteiger partial charge in [0.15, 0.2) is 16.7 Å². The predicted molar refractivity (Wildman–Crippen MR) is 140 cm³/mol. The molecule has 0 atom stereocenters. The number of carboxylic acid groups (broad SMARTS) is 2. The van der Waals surface area contributed by atoms with E-state index in [9.17, 15) is 24.6 Å². The molecule has 0 unspecified atom stereocenters. The van der Waals surface area contributed by atoms with E-state index in [1.165, 1.54) is 19.2 Å². The van der Waals surface area contributed by atoms with E-state index in [0.717, 1.165) is 23.4 Å². The monoisotopic (exact) mass is 538 g/mol. The molecule has 0 spiro atoms. The molecule has 188 valence electrons. The first kappa shape index (κ1) is 25.8. The number of carboxylic acids is 2. The highest BCUT2D eigenvalue weighted by molar-refractivity contribution is 8.18. The second-order valence-electron chi connectivity index (χ2n) is 7.69. The molecule has 0 saturated carbocycles. The molecule has 3 N–H and O–H groups in total. The van der Waals surface area contributed by atoms with Gasteiger partial charge in [0.25, 0.3) is 5.91 Å². The van der Waals surface area contributed by atoms with Crippen LogP contribution in [0.3, 0.4) is 0 Å². The van der Waals surface area contributed by atoms with E-state index in [2.05, 4.69) is 10.3 Å². The Labute approximate surface area is 220 Å². The summed E-state index contributed by atoms with van der Waals surface area (Å²) in [6, 6.07) is 16.0. The molecule has 3 aromatic carbocycles. The number of halogens is 1. The normalized spacial score (nSPS) is 15.0. The van der Waals surface area contributed by atoms with Crippen molar-refractivity contribution in [2.45, 2.75) is 6.61 Å². The zero-order chi connectivity index (χ0) is 26.5. The third-order valence-corrected chi connectivity index (χ3v) is 6.25. The fourth-order valence-corrected chi connectivity index (χ4v) is 4.27. The van der Waals surface area contributed by atoms with Crippen LogP contribution in [0.4, 0.5) is 5.69 Å². The predicted octanol–water partition coefficient (Wildman–Crippen LogP) is 5.22. The van der Waals surface area contributed by atoms with Crippen molar-refractivity contribution in [1.82, 2.24) is 5.32 Å². The SMILES string of the molecule is COc1cc(/C=C2\SC(=Nc3cc(C(=O)O)cc(C(=O)O)c3)NC2=O)ccc1OCc1ccc(Cl)cc1. The van der Waals surface area contributed by atoms with Crippen molar-refractivity contribution < 1.29 is 34.1 Å². The van der Waals surface area contributed by atoms with Crippen LogP contribution < -0.4 is 14.8 Å². The molecule has 0 aromatic heterocycles. The molecule has 1 aliphatic heterocycles. The van der Waals surface area contributed by atoms with Gasteiger partial charge in [-0.05, 0) is 71.4 Å². The van der Waals surface area contributed by atoms with Gasteiger partial charge in [0.2, 0.25) is 0 Å². The minimum atomic E-state index is -1.29. The maximum atomic E-state index is 12.5. The number of hydrogen-bond acceptors (Lipinski definition) is 7. The van der Waals surface area contributed by atoms with E-state index in [0.29, 0.717) is 33.6 Å². The van der Waals surface area contributed by atoms with E-state index in [1.54, 1.807) is 36.4 Å². The van der Waals surface area contributed by atoms with Crippen molar-refractivity contribution in [1.29, 1.82) is 0 Å². The Morgan fingerprint density at radius 2 is 1.68 bits per heavy atom. The lowest BCUT2D eigenvalue weighted by Gasteiger charge is -2.11. The van der Waals surface area contributed by atoms with E-state index >= 15 is 0 Å². The molecule has 1 heterocycles. The minimum absolute atomic E-state index is 0.0882. The molecular formula is C26H19ClN2O7S. The summed E-state index contributed by atoms with van der Waals surface area (Å²) in [5.41, 5.74) is 1.25. The Hall–Kier alpha value is -4.28. The molecule has 1 aliphatic rings. The van der Waals surface area contributed by atoms with Gasteiger partial charge in [-0.2, -0.15) is 0 Å². The number of hydrogen-bond donors (Lipinski definition) is 3. The highest BCUT2D eigenvalue weighted by Crippen LogP contribution is 2.33. The average molecular weight is 539 g/mol. The molecule has 9 nitrogen and oxygen atoms in total. The Balaban J connectivity index is 1.52. The summed E-state index contributed by atoms with van der Waals surface area (Å²) >= 11 is 6.95. The molecule has 4 rings (SSSR count). The number of amidine groups is 1. The average Bonchev–Trinajstić information content (AvgIpc) is 3.21. The number of rotatable bonds is 8. The second kappa shape index (κ2) is 11.2. The van der Waals surface area contributed by atoms with Crippen molar-refractivity contribution in [3.05, 3.63) is 92.8 Å². The Kier molecular flexibility index (Phi) is 7.80. The lowest BCUT2D eigenvalue weighted by molar-refractivity contribution is -0.115. The van der Waals surface area contributed by atoms with Gasteiger partial charge in [-0.15, -0.1) is 0 Å². The van der Waals surface area contributed by atoms with Gasteiger partial charge in [-0.3, -0.25) is 4.79 Å². The molecule has 0 aliphatic carbocycles. The van der Waals surface area contributed by atoms with Crippen molar-refractivity contribution in [3.63, 3.8) is 0 Å². The Morgan fingerprint density at radius 1 is 1.00 bits per heavy atom. The van der Waals surface area contributed by atoms with Crippen LogP contribution in [0, 0.1) is 0 Å². The first-order valence-electron chi connectivity index (χ1n) is 10.7. The van der Waals surface area contributed by atoms with Crippen molar-refractivity contribution in [3.8, 4) is 11.5 Å². The number of aliphatic imine (C=N–C) groups is 1. The largest absolute Gasteiger partial charge is 0.493 e. The van der Waals surface area contributed by atoms with Gasteiger partial charge in [0.1, 0.15) is 6.61 Å². The van der Waals surface area contributed by atoms with Crippen LogP contribution in [0.1, 0.15) is 31.8 Å². The number of ether oxygens (including phenoxy) is 2. The highest BCUT2D eigenvalue weighted by atomic mass is 35.5. The van der Waals surface area contributed by atoms with E-state index in [4.69, 9.17) is 21.1 Å². The number of benzene rings is 3. The number of thioether (sulfide) groups is 1. The van der Waals surface area contributed by atoms with E-state index in [1.807, 2.05) is 12.1 Å². The Morgan fingerprint density at radius 3 is 2.30 bits per heavy atom. The zero-order valence-electron chi connectivity index (χ0n) is 19.2. The number of carbonyl (C=O) groups excluding carboxylic acids is 1. The summed E-state index contributed by atoms with van der Waals surface area (Å²) in [6.45, 7) is 0.318. The topological polar surface area (TPSA) is 135 Å². The summed E-state index contributed by atoms with van der Waals surface area (Å²) in [5.74, 6) is -1.98. The lowest BCUT2D eigenvalue weighted by atomic mass is 10.1. The molecule has 0 radical (unpaired) electrons. The second-order valence-corrected chi connectivity index (χ2v) is 9.15. The van der Waals surface area contributed by atoms with Crippen LogP contribution in [0.2, 0.25) is 5.02 Å². The maximum Gasteiger partial charge on any atom is 0.335 e. The van der Waals surface area contributed by atoms with Gasteiger partial charge in [0.05, 0.1) is 28.8 Å². The molecule has 11 heteroatoms. The smallest absolute Gasteiger partial charge is 0.335 e. The number of amides is 1. The van der Waals surface area contributed by atoms with Crippen LogP contribution >= 0.6 is 23.4 Å². The summed E-state index contributed by atoms with van der Waals surface area (Å²) in [7, 11) is 1.51. The van der Waals surface area contributed by atoms with Crippen LogP contribution in [0.15, 0.2) is 70.6 Å². The molecule has 1 amide bonds. The maximum absolute atomic E-state index is 12.5. The zero-order valence-corrected chi connectivity index (χ0v) is 20.8. The number of aromatic carboxylic acids is 2. The summed E-state index contributed by atoms with van der Waals surface area (Å²) in [6.07, 6.45) is 1.64. The van der Waals surface area contributed by atoms with Crippen LogP contribution in [0.5, 0.6) is 11.5 Å². The number of carbonyl (C=O) groups is 3. The molecule has 3 aromatic rings. The van der Waals surface area contributed by atoms with Gasteiger partial charge in [-0.1, -0.05) is 29.8 Å². The molecule has 1 fully saturated rings. The van der Waals surface area contributed by atoms with Crippen LogP contribution in [-0.4, -0.2) is 40.3 Å². The van der Waals surface area contributed by atoms with Gasteiger partial charge < -0.3 is 25.0 Å². The number of nitrogens with zero attached hydrogens (tertiary/aromatic N) is 1. The van der Waals surface area contributed by atoms with Gasteiger partial charge >= 0.3 is 11.9 Å². The summed E-state index contributed by atoms with van der Waals surface area (Å²) in [4.78, 5) is 39.7. The first-order valence-corrected chi connectivity index (χ1v) is 11.9. The van der Waals surface area contributed by atoms with Crippen LogP contribution in [-0.2, 0) is 11.4 Å². The van der Waals surface area contributed by atoms with Crippen molar-refractivity contribution >= 4 is 58.1 Å². The molecule has 1 saturated heterocycles. The third kappa shape index (κ3) is 6.49. The van der Waals surface area contributed by atoms with Crippen LogP contribution in [0.25, 0.3) is 6.08 Å². The Bertz CT molecular complexity index is 1420. The fourth-order valence-electron chi connectivity index (χ4n) is 3.31. The summed E-state index contributed by atoms with van der Waals surface area (Å²) < 4.78 is 11.3. The fraction of sp³-hybridized carbons (Fsp3) is 0.0769. The molecule has 37 heavy (non-hydrogen) atoms.